The molecule has 5 rings (SSSR count). The number of pyridine rings is 1. The molecule has 1 N–H and O–H groups in total. The molecule has 4 aromatic rings. The van der Waals surface area contributed by atoms with E-state index < -0.39 is 9.84 Å². The maximum atomic E-state index is 12.5. The Morgan fingerprint density at radius 3 is 2.74 bits per heavy atom. The molecule has 2 aromatic carbocycles. The van der Waals surface area contributed by atoms with Gasteiger partial charge in [0.15, 0.2) is 9.84 Å². The minimum Gasteiger partial charge on any atom is -0.491 e. The summed E-state index contributed by atoms with van der Waals surface area (Å²) < 4.78 is 31.3. The monoisotopic (exact) mass is 473 g/mol. The van der Waals surface area contributed by atoms with Crippen molar-refractivity contribution in [3.05, 3.63) is 54.2 Å². The zero-order valence-corrected chi connectivity index (χ0v) is 20.0. The van der Waals surface area contributed by atoms with E-state index in [0.717, 1.165) is 33.2 Å². The molecule has 2 aromatic heterocycles. The molecule has 34 heavy (non-hydrogen) atoms. The summed E-state index contributed by atoms with van der Waals surface area (Å²) in [7, 11) is -3.34. The second kappa shape index (κ2) is 9.11. The van der Waals surface area contributed by atoms with Gasteiger partial charge >= 0.3 is 0 Å². The van der Waals surface area contributed by atoms with Crippen LogP contribution in [0, 0.1) is 17.2 Å². The molecule has 1 saturated carbocycles. The molecule has 0 radical (unpaired) electrons. The fourth-order valence-electron chi connectivity index (χ4n) is 4.87. The number of H-pyrrole nitrogens is 1. The second-order valence-electron chi connectivity index (χ2n) is 8.96. The molecule has 0 atom stereocenters. The van der Waals surface area contributed by atoms with Crippen LogP contribution in [0.25, 0.3) is 33.1 Å². The number of nitrogens with one attached hydrogen (secondary N) is 1. The Kier molecular flexibility index (Phi) is 6.01. The lowest BCUT2D eigenvalue weighted by atomic mass is 9.90. The minimum atomic E-state index is -3.34. The van der Waals surface area contributed by atoms with E-state index in [2.05, 4.69) is 16.0 Å². The predicted molar refractivity (Wildman–Crippen MR) is 134 cm³/mol. The van der Waals surface area contributed by atoms with Gasteiger partial charge in [0, 0.05) is 17.0 Å². The number of nitriles is 1. The summed E-state index contributed by atoms with van der Waals surface area (Å²) >= 11 is 0. The zero-order chi connectivity index (χ0) is 23.7. The fraction of sp³-hybridized carbons (Fsp3) is 0.333. The van der Waals surface area contributed by atoms with Crippen LogP contribution in [0.15, 0.2) is 53.6 Å². The normalized spacial score (nSPS) is 14.9. The number of benzene rings is 2. The van der Waals surface area contributed by atoms with Gasteiger partial charge in [0.1, 0.15) is 17.5 Å². The number of aromatic amines is 1. The van der Waals surface area contributed by atoms with Crippen LogP contribution in [0.2, 0.25) is 0 Å². The van der Waals surface area contributed by atoms with Crippen LogP contribution in [0.5, 0.6) is 5.75 Å². The molecule has 0 spiro atoms. The highest BCUT2D eigenvalue weighted by Crippen LogP contribution is 2.40. The Balaban J connectivity index is 1.67. The molecule has 7 heteroatoms. The molecular weight excluding hydrogens is 446 g/mol. The second-order valence-corrected chi connectivity index (χ2v) is 11.2. The van der Waals surface area contributed by atoms with Gasteiger partial charge in [0.2, 0.25) is 0 Å². The number of ether oxygens (including phenoxy) is 1. The number of nitrogens with zero attached hydrogens (tertiary/aromatic N) is 2. The van der Waals surface area contributed by atoms with Crippen molar-refractivity contribution in [2.45, 2.75) is 43.9 Å². The van der Waals surface area contributed by atoms with E-state index >= 15 is 0 Å². The first-order chi connectivity index (χ1) is 16.5. The summed E-state index contributed by atoms with van der Waals surface area (Å²) in [6.45, 7) is 2.32. The molecule has 1 aliphatic rings. The molecule has 2 heterocycles. The van der Waals surface area contributed by atoms with Crippen LogP contribution in [0.1, 0.15) is 44.6 Å². The van der Waals surface area contributed by atoms with Gasteiger partial charge in [0.05, 0.1) is 28.3 Å². The van der Waals surface area contributed by atoms with Crippen LogP contribution in [-0.2, 0) is 9.84 Å². The third-order valence-electron chi connectivity index (χ3n) is 6.78. The zero-order valence-electron chi connectivity index (χ0n) is 19.2. The average Bonchev–Trinajstić information content (AvgIpc) is 3.27. The quantitative estimate of drug-likeness (QED) is 0.370. The highest BCUT2D eigenvalue weighted by molar-refractivity contribution is 7.91. The maximum absolute atomic E-state index is 12.5. The van der Waals surface area contributed by atoms with Crippen molar-refractivity contribution < 1.29 is 13.2 Å². The number of hydrogen-bond donors (Lipinski definition) is 1. The molecular formula is C27H27N3O3S. The lowest BCUT2D eigenvalue weighted by Gasteiger charge is -2.22. The van der Waals surface area contributed by atoms with Gasteiger partial charge in [-0.25, -0.2) is 13.4 Å². The summed E-state index contributed by atoms with van der Waals surface area (Å²) in [6.07, 6.45) is 7.75. The maximum Gasteiger partial charge on any atom is 0.178 e. The van der Waals surface area contributed by atoms with E-state index in [1.54, 1.807) is 31.3 Å². The molecule has 1 aliphatic carbocycles. The summed E-state index contributed by atoms with van der Waals surface area (Å²) in [4.78, 5) is 8.14. The van der Waals surface area contributed by atoms with E-state index in [-0.39, 0.29) is 5.75 Å². The summed E-state index contributed by atoms with van der Waals surface area (Å²) in [5.41, 5.74) is 3.61. The van der Waals surface area contributed by atoms with E-state index in [4.69, 9.17) is 4.74 Å². The van der Waals surface area contributed by atoms with E-state index in [9.17, 15) is 13.7 Å². The Morgan fingerprint density at radius 1 is 1.15 bits per heavy atom. The van der Waals surface area contributed by atoms with Crippen molar-refractivity contribution in [2.75, 3.05) is 12.4 Å². The van der Waals surface area contributed by atoms with Crippen LogP contribution in [0.3, 0.4) is 0 Å². The third kappa shape index (κ3) is 4.14. The van der Waals surface area contributed by atoms with Crippen molar-refractivity contribution in [3.63, 3.8) is 0 Å². The smallest absolute Gasteiger partial charge is 0.178 e. The van der Waals surface area contributed by atoms with Crippen LogP contribution in [0.4, 0.5) is 0 Å². The average molecular weight is 474 g/mol. The number of hydrogen-bond acceptors (Lipinski definition) is 5. The Morgan fingerprint density at radius 2 is 1.97 bits per heavy atom. The number of aromatic nitrogens is 2. The summed E-state index contributed by atoms with van der Waals surface area (Å²) in [5, 5.41) is 11.1. The highest BCUT2D eigenvalue weighted by Gasteiger charge is 2.20. The Labute approximate surface area is 199 Å². The number of fused-ring (bicyclic) bond motifs is 3. The lowest BCUT2D eigenvalue weighted by Crippen LogP contribution is -2.15. The lowest BCUT2D eigenvalue weighted by molar-refractivity contribution is 0.210. The molecule has 0 saturated heterocycles. The van der Waals surface area contributed by atoms with Gasteiger partial charge in [-0.05, 0) is 60.2 Å². The first-order valence-corrected chi connectivity index (χ1v) is 13.5. The van der Waals surface area contributed by atoms with Crippen LogP contribution >= 0.6 is 0 Å². The van der Waals surface area contributed by atoms with Gasteiger partial charge < -0.3 is 9.72 Å². The van der Waals surface area contributed by atoms with Gasteiger partial charge in [-0.2, -0.15) is 5.26 Å². The fourth-order valence-corrected chi connectivity index (χ4v) is 5.79. The minimum absolute atomic E-state index is 0.0440. The third-order valence-corrected chi connectivity index (χ3v) is 8.51. The molecule has 0 aliphatic heterocycles. The van der Waals surface area contributed by atoms with Crippen molar-refractivity contribution in [1.82, 2.24) is 9.97 Å². The summed E-state index contributed by atoms with van der Waals surface area (Å²) in [6, 6.07) is 14.9. The first kappa shape index (κ1) is 22.4. The predicted octanol–water partition coefficient (Wildman–Crippen LogP) is 6.01. The molecule has 6 nitrogen and oxygen atoms in total. The van der Waals surface area contributed by atoms with Gasteiger partial charge in [0.25, 0.3) is 0 Å². The SMILES string of the molecule is CCS(=O)(=O)c1cccc(-c2ccc(OCC3CCCCC3)c3[nH]c4ncc(C#N)cc4c23)c1. The molecule has 1 fully saturated rings. The topological polar surface area (TPSA) is 95.8 Å². The van der Waals surface area contributed by atoms with E-state index in [0.29, 0.717) is 28.6 Å². The van der Waals surface area contributed by atoms with Crippen molar-refractivity contribution in [3.8, 4) is 22.9 Å². The standard InChI is InChI=1S/C27H27N3O3S/c1-2-34(31,32)21-10-6-9-20(14-21)22-11-12-24(33-17-18-7-4-3-5-8-18)26-25(22)23-13-19(15-28)16-29-27(23)30-26/h6,9-14,16,18H,2-5,7-8,17H2,1H3,(H,29,30). The number of sulfone groups is 1. The van der Waals surface area contributed by atoms with Gasteiger partial charge in [-0.3, -0.25) is 0 Å². The van der Waals surface area contributed by atoms with E-state index in [1.165, 1.54) is 32.1 Å². The van der Waals surface area contributed by atoms with E-state index in [1.807, 2.05) is 24.3 Å². The molecule has 0 unspecified atom stereocenters. The molecule has 174 valence electrons. The van der Waals surface area contributed by atoms with Crippen LogP contribution < -0.4 is 4.74 Å². The van der Waals surface area contributed by atoms with Crippen molar-refractivity contribution >= 4 is 31.8 Å². The van der Waals surface area contributed by atoms with Crippen molar-refractivity contribution in [2.24, 2.45) is 5.92 Å². The highest BCUT2D eigenvalue weighted by atomic mass is 32.2. The van der Waals surface area contributed by atoms with Crippen molar-refractivity contribution in [1.29, 1.82) is 5.26 Å². The molecule has 0 bridgehead atoms. The number of rotatable bonds is 6. The van der Waals surface area contributed by atoms with Crippen LogP contribution in [-0.4, -0.2) is 30.7 Å². The largest absolute Gasteiger partial charge is 0.491 e. The summed E-state index contributed by atoms with van der Waals surface area (Å²) in [5.74, 6) is 1.35. The van der Waals surface area contributed by atoms with Gasteiger partial charge in [-0.15, -0.1) is 0 Å². The first-order valence-electron chi connectivity index (χ1n) is 11.8. The Hall–Kier alpha value is -3.37. The molecule has 0 amide bonds. The van der Waals surface area contributed by atoms with Gasteiger partial charge in [-0.1, -0.05) is 38.3 Å². The Bertz CT molecular complexity index is 1510.